The summed E-state index contributed by atoms with van der Waals surface area (Å²) in [5.41, 5.74) is 0.174. The van der Waals surface area contributed by atoms with Crippen molar-refractivity contribution < 1.29 is 4.43 Å². The van der Waals surface area contributed by atoms with E-state index in [9.17, 15) is 0 Å². The van der Waals surface area contributed by atoms with Crippen LogP contribution in [0.15, 0.2) is 0 Å². The van der Waals surface area contributed by atoms with Gasteiger partial charge >= 0.3 is 0 Å². The Kier molecular flexibility index (Phi) is 6.49. The van der Waals surface area contributed by atoms with Crippen LogP contribution in [0.2, 0.25) is 5.04 Å². The third kappa shape index (κ3) is 5.56. The van der Waals surface area contributed by atoms with Gasteiger partial charge in [0.25, 0.3) is 0 Å². The Morgan fingerprint density at radius 2 is 1.47 bits per heavy atom. The molecule has 0 spiro atoms. The first-order valence-electron chi connectivity index (χ1n) is 7.44. The quantitative estimate of drug-likeness (QED) is 0.584. The van der Waals surface area contributed by atoms with E-state index in [1.54, 1.807) is 0 Å². The van der Waals surface area contributed by atoms with E-state index in [2.05, 4.69) is 62.3 Å². The van der Waals surface area contributed by atoms with Crippen molar-refractivity contribution in [1.82, 2.24) is 0 Å². The van der Waals surface area contributed by atoms with E-state index >= 15 is 0 Å². The van der Waals surface area contributed by atoms with Crippen LogP contribution in [0.25, 0.3) is 0 Å². The average Bonchev–Trinajstić information content (AvgIpc) is 2.13. The van der Waals surface area contributed by atoms with Crippen molar-refractivity contribution in [3.8, 4) is 0 Å². The molecular formula is C15H36OSSi2. The molecule has 0 fully saturated rings. The molecule has 0 aliphatic heterocycles. The van der Waals surface area contributed by atoms with Crippen LogP contribution in [0.3, 0.4) is 0 Å². The molecule has 0 radical (unpaired) electrons. The van der Waals surface area contributed by atoms with Gasteiger partial charge in [-0.15, -0.1) is 0 Å². The zero-order valence-electron chi connectivity index (χ0n) is 14.8. The van der Waals surface area contributed by atoms with Gasteiger partial charge in [-0.25, -0.2) is 0 Å². The Balaban J connectivity index is 5.42. The molecule has 0 amide bonds. The normalized spacial score (nSPS) is 18.5. The topological polar surface area (TPSA) is 9.23 Å². The number of hydrogen-bond acceptors (Lipinski definition) is 2. The summed E-state index contributed by atoms with van der Waals surface area (Å²) in [6.07, 6.45) is 1.13. The molecular weight excluding hydrogens is 284 g/mol. The van der Waals surface area contributed by atoms with Crippen LogP contribution in [-0.4, -0.2) is 30.0 Å². The molecule has 1 atom stereocenters. The van der Waals surface area contributed by atoms with Crippen LogP contribution >= 0.6 is 12.6 Å². The van der Waals surface area contributed by atoms with Gasteiger partial charge in [0.1, 0.15) is 10.5 Å². The Hall–Kier alpha value is 0.744. The highest BCUT2D eigenvalue weighted by atomic mass is 32.1. The van der Waals surface area contributed by atoms with E-state index in [4.69, 9.17) is 17.1 Å². The molecule has 4 heteroatoms. The molecule has 0 aliphatic rings. The van der Waals surface area contributed by atoms with E-state index in [0.29, 0.717) is 16.4 Å². The summed E-state index contributed by atoms with van der Waals surface area (Å²) in [7, 11) is 0.356. The van der Waals surface area contributed by atoms with Crippen molar-refractivity contribution >= 4 is 32.6 Å². The van der Waals surface area contributed by atoms with Gasteiger partial charge in [-0.2, -0.15) is 12.6 Å². The van der Waals surface area contributed by atoms with E-state index < -0.39 is 9.52 Å². The molecule has 0 saturated heterocycles. The molecule has 1 nitrogen and oxygen atoms in total. The van der Waals surface area contributed by atoms with E-state index in [1.807, 2.05) is 0 Å². The second-order valence-corrected chi connectivity index (χ2v) is 14.0. The Morgan fingerprint density at radius 3 is 1.74 bits per heavy atom. The fourth-order valence-corrected chi connectivity index (χ4v) is 8.51. The molecule has 0 bridgehead atoms. The molecule has 116 valence electrons. The second-order valence-electron chi connectivity index (χ2n) is 8.80. The highest BCUT2D eigenvalue weighted by molar-refractivity contribution is 7.83. The summed E-state index contributed by atoms with van der Waals surface area (Å²) < 4.78 is 6.01. The van der Waals surface area contributed by atoms with Crippen LogP contribution in [-0.2, 0) is 4.43 Å². The SMILES string of the molecule is CC(C)C(C)(C)[SiH2][C@](S)(CC(C)(C)C)C(C)(C)O[SiH3]. The minimum absolute atomic E-state index is 0.0424. The number of hydrogen-bond donors (Lipinski definition) is 1. The lowest BCUT2D eigenvalue weighted by Gasteiger charge is -2.50. The number of thiol groups is 1. The first kappa shape index (κ1) is 19.7. The first-order valence-corrected chi connectivity index (χ1v) is 10.1. The summed E-state index contributed by atoms with van der Waals surface area (Å²) in [5.74, 6) is 0.704. The van der Waals surface area contributed by atoms with Crippen LogP contribution in [0.4, 0.5) is 0 Å². The first-order chi connectivity index (χ1) is 8.17. The summed E-state index contributed by atoms with van der Waals surface area (Å²) in [5, 5.41) is 0.407. The Morgan fingerprint density at radius 1 is 1.05 bits per heavy atom. The third-order valence-corrected chi connectivity index (χ3v) is 10.4. The Bertz CT molecular complexity index is 295. The minimum atomic E-state index is -0.424. The number of rotatable bonds is 6. The maximum Gasteiger partial charge on any atom is 0.146 e. The van der Waals surface area contributed by atoms with Crippen molar-refractivity contribution in [2.75, 3.05) is 0 Å². The summed E-state index contributed by atoms with van der Waals surface area (Å²) >= 11 is 5.22. The molecule has 0 aliphatic carbocycles. The summed E-state index contributed by atoms with van der Waals surface area (Å²) in [4.78, 5) is 0. The molecule has 0 aromatic rings. The molecule has 0 rings (SSSR count). The van der Waals surface area contributed by atoms with Gasteiger partial charge in [-0.3, -0.25) is 0 Å². The molecule has 19 heavy (non-hydrogen) atoms. The molecule has 0 aromatic heterocycles. The lowest BCUT2D eigenvalue weighted by molar-refractivity contribution is 0.0851. The zero-order valence-corrected chi connectivity index (χ0v) is 19.2. The van der Waals surface area contributed by atoms with Crippen molar-refractivity contribution in [1.29, 1.82) is 0 Å². The molecule has 0 heterocycles. The van der Waals surface area contributed by atoms with Gasteiger partial charge in [0.2, 0.25) is 0 Å². The van der Waals surface area contributed by atoms with Crippen molar-refractivity contribution in [3.05, 3.63) is 0 Å². The largest absolute Gasteiger partial charge is 0.422 e. The van der Waals surface area contributed by atoms with Gasteiger partial charge in [-0.05, 0) is 36.6 Å². The maximum absolute atomic E-state index is 5.97. The Labute approximate surface area is 132 Å². The fourth-order valence-electron chi connectivity index (χ4n) is 2.51. The predicted octanol–water partition coefficient (Wildman–Crippen LogP) is 3.15. The molecule has 0 N–H and O–H groups in total. The van der Waals surface area contributed by atoms with Gasteiger partial charge in [0, 0.05) is 13.9 Å². The van der Waals surface area contributed by atoms with E-state index in [1.165, 1.54) is 0 Å². The van der Waals surface area contributed by atoms with Gasteiger partial charge in [0.15, 0.2) is 0 Å². The van der Waals surface area contributed by atoms with Crippen molar-refractivity contribution in [2.45, 2.75) is 83.7 Å². The van der Waals surface area contributed by atoms with Crippen molar-refractivity contribution in [2.24, 2.45) is 11.3 Å². The van der Waals surface area contributed by atoms with Gasteiger partial charge in [-0.1, -0.05) is 48.5 Å². The summed E-state index contributed by atoms with van der Waals surface area (Å²) in [6.45, 7) is 20.9. The average molecular weight is 321 g/mol. The lowest BCUT2D eigenvalue weighted by Crippen LogP contribution is -2.56. The highest BCUT2D eigenvalue weighted by Crippen LogP contribution is 2.47. The molecule has 0 aromatic carbocycles. The minimum Gasteiger partial charge on any atom is -0.422 e. The van der Waals surface area contributed by atoms with Crippen LogP contribution in [0, 0.1) is 11.3 Å². The van der Waals surface area contributed by atoms with Crippen LogP contribution in [0.1, 0.15) is 68.7 Å². The monoisotopic (exact) mass is 320 g/mol. The van der Waals surface area contributed by atoms with Crippen molar-refractivity contribution in [3.63, 3.8) is 0 Å². The molecule has 0 unspecified atom stereocenters. The second kappa shape index (κ2) is 6.24. The summed E-state index contributed by atoms with van der Waals surface area (Å²) in [6, 6.07) is 0. The smallest absolute Gasteiger partial charge is 0.146 e. The third-order valence-electron chi connectivity index (χ3n) is 4.76. The van der Waals surface area contributed by atoms with E-state index in [-0.39, 0.29) is 9.97 Å². The van der Waals surface area contributed by atoms with E-state index in [0.717, 1.165) is 16.9 Å². The highest BCUT2D eigenvalue weighted by Gasteiger charge is 2.48. The standard InChI is InChI=1S/C15H36OSSi2/c1-11(2)13(6,7)19-15(17,10-12(3,4)5)14(8,9)16-18/h11,17H,10,19H2,1-9,18H3/t15-/m1/s1. The maximum atomic E-state index is 5.97. The van der Waals surface area contributed by atoms with Crippen LogP contribution in [0.5, 0.6) is 0 Å². The zero-order chi connectivity index (χ0) is 15.7. The molecule has 0 saturated carbocycles. The van der Waals surface area contributed by atoms with Gasteiger partial charge < -0.3 is 4.43 Å². The fraction of sp³-hybridized carbons (Fsp3) is 1.00. The predicted molar refractivity (Wildman–Crippen MR) is 98.3 cm³/mol. The van der Waals surface area contributed by atoms with Crippen LogP contribution < -0.4 is 0 Å². The lowest BCUT2D eigenvalue weighted by atomic mass is 9.85. The van der Waals surface area contributed by atoms with Gasteiger partial charge in [0.05, 0.1) is 5.60 Å².